The van der Waals surface area contributed by atoms with Gasteiger partial charge in [0.05, 0.1) is 11.5 Å². The van der Waals surface area contributed by atoms with E-state index in [0.717, 1.165) is 5.56 Å². The third-order valence-electron chi connectivity index (χ3n) is 3.60. The van der Waals surface area contributed by atoms with Crippen molar-refractivity contribution in [2.75, 3.05) is 13.7 Å². The fraction of sp³-hybridized carbons (Fsp3) is 0.571. The van der Waals surface area contributed by atoms with Crippen LogP contribution >= 0.6 is 0 Å². The molecule has 1 aromatic carbocycles. The molecule has 0 aliphatic carbocycles. The zero-order valence-electron chi connectivity index (χ0n) is 12.7. The molecule has 0 spiro atoms. The first kappa shape index (κ1) is 18.3. The van der Waals surface area contributed by atoms with E-state index in [2.05, 4.69) is 0 Å². The molecule has 1 aliphatic rings. The Hall–Kier alpha value is -1.07. The molecular formula is C14H20O8S. The molecule has 9 heteroatoms. The van der Waals surface area contributed by atoms with Crippen molar-refractivity contribution in [1.29, 1.82) is 0 Å². The van der Waals surface area contributed by atoms with Crippen LogP contribution in [0, 0.1) is 6.92 Å². The van der Waals surface area contributed by atoms with Crippen molar-refractivity contribution >= 4 is 10.1 Å². The maximum absolute atomic E-state index is 12.3. The first-order valence-electron chi connectivity index (χ1n) is 6.95. The molecule has 3 N–H and O–H groups in total. The van der Waals surface area contributed by atoms with Crippen molar-refractivity contribution in [3.63, 3.8) is 0 Å². The summed E-state index contributed by atoms with van der Waals surface area (Å²) < 4.78 is 39.8. The number of rotatable bonds is 5. The molecule has 0 amide bonds. The fourth-order valence-electron chi connectivity index (χ4n) is 2.26. The highest BCUT2D eigenvalue weighted by Gasteiger charge is 2.47. The van der Waals surface area contributed by atoms with Crippen LogP contribution < -0.4 is 0 Å². The third kappa shape index (κ3) is 3.89. The lowest BCUT2D eigenvalue weighted by atomic mass is 9.99. The van der Waals surface area contributed by atoms with Crippen molar-refractivity contribution in [3.8, 4) is 0 Å². The van der Waals surface area contributed by atoms with E-state index < -0.39 is 47.4 Å². The number of hydrogen-bond donors (Lipinski definition) is 3. The van der Waals surface area contributed by atoms with Gasteiger partial charge in [0.15, 0.2) is 12.4 Å². The first-order chi connectivity index (χ1) is 10.8. The minimum absolute atomic E-state index is 0.0936. The van der Waals surface area contributed by atoms with Crippen LogP contribution in [0.3, 0.4) is 0 Å². The second-order valence-corrected chi connectivity index (χ2v) is 6.84. The highest BCUT2D eigenvalue weighted by Crippen LogP contribution is 2.27. The van der Waals surface area contributed by atoms with Crippen LogP contribution in [0.1, 0.15) is 5.56 Å². The Kier molecular flexibility index (Phi) is 5.74. The Morgan fingerprint density at radius 3 is 2.30 bits per heavy atom. The van der Waals surface area contributed by atoms with Crippen molar-refractivity contribution < 1.29 is 37.4 Å². The van der Waals surface area contributed by atoms with Crippen LogP contribution in [0.5, 0.6) is 0 Å². The number of ether oxygens (including phenoxy) is 2. The second kappa shape index (κ2) is 7.22. The van der Waals surface area contributed by atoms with E-state index in [4.69, 9.17) is 18.8 Å². The number of aliphatic hydroxyl groups excluding tert-OH is 3. The lowest BCUT2D eigenvalue weighted by molar-refractivity contribution is -0.288. The Bertz CT molecular complexity index is 612. The van der Waals surface area contributed by atoms with E-state index in [0.29, 0.717) is 0 Å². The van der Waals surface area contributed by atoms with E-state index in [1.54, 1.807) is 12.1 Å². The van der Waals surface area contributed by atoms with E-state index in [-0.39, 0.29) is 4.90 Å². The lowest BCUT2D eigenvalue weighted by Gasteiger charge is -2.40. The van der Waals surface area contributed by atoms with Gasteiger partial charge in [-0.15, -0.1) is 0 Å². The van der Waals surface area contributed by atoms with E-state index in [1.165, 1.54) is 19.2 Å². The Morgan fingerprint density at radius 2 is 1.78 bits per heavy atom. The quantitative estimate of drug-likeness (QED) is 0.589. The normalized spacial score (nSPS) is 32.0. The van der Waals surface area contributed by atoms with Crippen molar-refractivity contribution in [3.05, 3.63) is 29.8 Å². The predicted octanol–water partition coefficient (Wildman–Crippen LogP) is -0.846. The molecule has 0 bridgehead atoms. The van der Waals surface area contributed by atoms with Gasteiger partial charge < -0.3 is 24.8 Å². The maximum atomic E-state index is 12.3. The van der Waals surface area contributed by atoms with Gasteiger partial charge in [-0.25, -0.2) is 0 Å². The highest BCUT2D eigenvalue weighted by atomic mass is 32.2. The van der Waals surface area contributed by atoms with Crippen LogP contribution in [0.4, 0.5) is 0 Å². The molecule has 1 fully saturated rings. The number of methoxy groups -OCH3 is 1. The molecule has 0 radical (unpaired) electrons. The average molecular weight is 348 g/mol. The number of aryl methyl sites for hydroxylation is 1. The summed E-state index contributed by atoms with van der Waals surface area (Å²) >= 11 is 0. The monoisotopic (exact) mass is 348 g/mol. The van der Waals surface area contributed by atoms with Gasteiger partial charge in [-0.3, -0.25) is 4.18 Å². The Labute approximate surface area is 134 Å². The second-order valence-electron chi connectivity index (χ2n) is 5.27. The molecule has 23 heavy (non-hydrogen) atoms. The topological polar surface area (TPSA) is 123 Å². The van der Waals surface area contributed by atoms with E-state index in [9.17, 15) is 18.6 Å². The summed E-state index contributed by atoms with van der Waals surface area (Å²) in [4.78, 5) is -0.0936. The zero-order valence-corrected chi connectivity index (χ0v) is 13.5. The Morgan fingerprint density at radius 1 is 1.17 bits per heavy atom. The van der Waals surface area contributed by atoms with Gasteiger partial charge in [-0.2, -0.15) is 8.42 Å². The first-order valence-corrected chi connectivity index (χ1v) is 8.36. The molecule has 8 nitrogen and oxygen atoms in total. The van der Waals surface area contributed by atoms with Crippen molar-refractivity contribution in [2.45, 2.75) is 42.5 Å². The Balaban J connectivity index is 2.24. The molecule has 1 aromatic rings. The molecule has 5 atom stereocenters. The van der Waals surface area contributed by atoms with Crippen molar-refractivity contribution in [1.82, 2.24) is 0 Å². The predicted molar refractivity (Wildman–Crippen MR) is 78.0 cm³/mol. The standard InChI is InChI=1S/C14H20O8S/c1-8-3-5-9(6-4-8)23(18,19)22-13-12(17)11(16)10(7-15)21-14(13)20-2/h3-6,10-17H,7H2,1-2H3. The highest BCUT2D eigenvalue weighted by molar-refractivity contribution is 7.86. The smallest absolute Gasteiger partial charge is 0.297 e. The van der Waals surface area contributed by atoms with Crippen LogP contribution in [-0.2, 0) is 23.8 Å². The minimum atomic E-state index is -4.19. The summed E-state index contributed by atoms with van der Waals surface area (Å²) in [7, 11) is -2.96. The summed E-state index contributed by atoms with van der Waals surface area (Å²) in [5.41, 5.74) is 0.876. The average Bonchev–Trinajstić information content (AvgIpc) is 2.52. The minimum Gasteiger partial charge on any atom is -0.394 e. The number of benzene rings is 1. The van der Waals surface area contributed by atoms with Gasteiger partial charge in [0.25, 0.3) is 10.1 Å². The molecule has 5 unspecified atom stereocenters. The molecule has 0 saturated carbocycles. The lowest BCUT2D eigenvalue weighted by Crippen LogP contribution is -2.60. The van der Waals surface area contributed by atoms with Gasteiger partial charge >= 0.3 is 0 Å². The SMILES string of the molecule is COC1OC(CO)C(O)C(O)C1OS(=O)(=O)c1ccc(C)cc1. The number of hydrogen-bond acceptors (Lipinski definition) is 8. The van der Waals surface area contributed by atoms with E-state index >= 15 is 0 Å². The summed E-state index contributed by atoms with van der Waals surface area (Å²) in [6, 6.07) is 5.95. The summed E-state index contributed by atoms with van der Waals surface area (Å²) in [5, 5.41) is 29.0. The molecule has 1 heterocycles. The van der Waals surface area contributed by atoms with Gasteiger partial charge in [-0.05, 0) is 19.1 Å². The summed E-state index contributed by atoms with van der Waals surface area (Å²) in [5.74, 6) is 0. The molecular weight excluding hydrogens is 328 g/mol. The maximum Gasteiger partial charge on any atom is 0.297 e. The van der Waals surface area contributed by atoms with Gasteiger partial charge in [-0.1, -0.05) is 17.7 Å². The molecule has 0 aromatic heterocycles. The van der Waals surface area contributed by atoms with Crippen LogP contribution in [0.25, 0.3) is 0 Å². The molecule has 2 rings (SSSR count). The molecule has 130 valence electrons. The van der Waals surface area contributed by atoms with Gasteiger partial charge in [0.1, 0.15) is 18.3 Å². The summed E-state index contributed by atoms with van der Waals surface area (Å²) in [6.07, 6.45) is -6.94. The van der Waals surface area contributed by atoms with Crippen LogP contribution in [0.2, 0.25) is 0 Å². The zero-order chi connectivity index (χ0) is 17.2. The van der Waals surface area contributed by atoms with Gasteiger partial charge in [0, 0.05) is 7.11 Å². The molecule has 1 saturated heterocycles. The van der Waals surface area contributed by atoms with E-state index in [1.807, 2.05) is 6.92 Å². The number of aliphatic hydroxyl groups is 3. The van der Waals surface area contributed by atoms with Gasteiger partial charge in [0.2, 0.25) is 0 Å². The third-order valence-corrected chi connectivity index (χ3v) is 4.93. The van der Waals surface area contributed by atoms with Crippen molar-refractivity contribution in [2.24, 2.45) is 0 Å². The van der Waals surface area contributed by atoms with Crippen LogP contribution in [0.15, 0.2) is 29.2 Å². The fourth-order valence-corrected chi connectivity index (χ4v) is 3.33. The largest absolute Gasteiger partial charge is 0.394 e. The summed E-state index contributed by atoms with van der Waals surface area (Å²) in [6.45, 7) is 1.25. The van der Waals surface area contributed by atoms with Crippen LogP contribution in [-0.4, -0.2) is 68.2 Å². The molecule has 1 aliphatic heterocycles.